The highest BCUT2D eigenvalue weighted by molar-refractivity contribution is 8.44. The van der Waals surface area contributed by atoms with Gasteiger partial charge in [0.05, 0.1) is 0 Å². The number of hydrogen-bond acceptors (Lipinski definition) is 4. The van der Waals surface area contributed by atoms with Crippen LogP contribution < -0.4 is 0 Å². The van der Waals surface area contributed by atoms with Gasteiger partial charge in [-0.25, -0.2) is 0 Å². The van der Waals surface area contributed by atoms with E-state index in [9.17, 15) is 0 Å². The molecule has 0 aliphatic rings. The number of thiol groups is 1. The standard InChI is InChI=1S/CH4O2S3/c2-1-3-6(4)5/h2,6H,1H2. The molecule has 0 radical (unpaired) electrons. The van der Waals surface area contributed by atoms with Crippen LogP contribution in [0.4, 0.5) is 0 Å². The molecule has 38 valence electrons. The fraction of sp³-hybridized carbons (Fsp3) is 1.00. The van der Waals surface area contributed by atoms with Crippen LogP contribution in [0.5, 0.6) is 0 Å². The van der Waals surface area contributed by atoms with E-state index < -0.39 is 8.29 Å². The lowest BCUT2D eigenvalue weighted by Crippen LogP contribution is -1.84. The second-order valence-electron chi connectivity index (χ2n) is 0.482. The fourth-order valence-electron chi connectivity index (χ4n) is 0.0471. The Kier molecular flexibility index (Phi) is 4.34. The van der Waals surface area contributed by atoms with Gasteiger partial charge in [0.2, 0.25) is 0 Å². The lowest BCUT2D eigenvalue weighted by Gasteiger charge is -1.83. The Labute approximate surface area is 47.2 Å². The van der Waals surface area contributed by atoms with E-state index in [2.05, 4.69) is 26.6 Å². The first kappa shape index (κ1) is 6.71. The highest BCUT2D eigenvalue weighted by Crippen LogP contribution is 1.65. The predicted octanol–water partition coefficient (Wildman–Crippen LogP) is -0.858. The Bertz CT molecular complexity index is 76.8. The Morgan fingerprint density at radius 3 is 2.17 bits per heavy atom. The minimum absolute atomic E-state index is 0.349. The summed E-state index contributed by atoms with van der Waals surface area (Å²) in [6.45, 7) is -0.349. The largest absolute Gasteiger partial charge is 0.370 e. The zero-order chi connectivity index (χ0) is 4.99. The van der Waals surface area contributed by atoms with Gasteiger partial charge in [-0.2, -0.15) is 0 Å². The van der Waals surface area contributed by atoms with Gasteiger partial charge in [0, 0.05) is 8.29 Å². The SMILES string of the molecule is OCO[SH](=S)=S. The van der Waals surface area contributed by atoms with Crippen molar-refractivity contribution in [2.45, 2.75) is 0 Å². The third-order valence-corrected chi connectivity index (χ3v) is 1.12. The van der Waals surface area contributed by atoms with Crippen molar-refractivity contribution in [2.75, 3.05) is 6.79 Å². The van der Waals surface area contributed by atoms with Crippen molar-refractivity contribution < 1.29 is 9.29 Å². The summed E-state index contributed by atoms with van der Waals surface area (Å²) in [6, 6.07) is 0. The van der Waals surface area contributed by atoms with Crippen LogP contribution in [0.2, 0.25) is 0 Å². The predicted molar refractivity (Wildman–Crippen MR) is 31.7 cm³/mol. The van der Waals surface area contributed by atoms with Crippen molar-refractivity contribution in [3.05, 3.63) is 0 Å². The Morgan fingerprint density at radius 1 is 1.67 bits per heavy atom. The molecule has 1 N–H and O–H groups in total. The molecule has 0 amide bonds. The molecule has 0 aliphatic heterocycles. The molecule has 0 unspecified atom stereocenters. The monoisotopic (exact) mass is 144 g/mol. The van der Waals surface area contributed by atoms with Crippen LogP contribution in [0.25, 0.3) is 0 Å². The molecule has 0 spiro atoms. The Balaban J connectivity index is 3.07. The molecule has 0 aromatic heterocycles. The summed E-state index contributed by atoms with van der Waals surface area (Å²) in [5.74, 6) is 0. The first-order chi connectivity index (χ1) is 2.77. The van der Waals surface area contributed by atoms with Gasteiger partial charge < -0.3 is 5.11 Å². The topological polar surface area (TPSA) is 29.5 Å². The lowest BCUT2D eigenvalue weighted by molar-refractivity contribution is 0.121. The second kappa shape index (κ2) is 3.89. The van der Waals surface area contributed by atoms with Gasteiger partial charge in [-0.1, -0.05) is 0 Å². The molecule has 0 fully saturated rings. The average molecular weight is 144 g/mol. The zero-order valence-electron chi connectivity index (χ0n) is 2.83. The molecule has 0 bridgehead atoms. The van der Waals surface area contributed by atoms with Crippen LogP contribution in [0.3, 0.4) is 0 Å². The molecule has 0 aromatic rings. The summed E-state index contributed by atoms with van der Waals surface area (Å²) in [4.78, 5) is 0. The van der Waals surface area contributed by atoms with E-state index in [4.69, 9.17) is 5.11 Å². The van der Waals surface area contributed by atoms with Gasteiger partial charge in [-0.15, -0.1) is 0 Å². The summed E-state index contributed by atoms with van der Waals surface area (Å²) in [5, 5.41) is 7.90. The van der Waals surface area contributed by atoms with E-state index >= 15 is 0 Å². The van der Waals surface area contributed by atoms with Crippen LogP contribution in [0, 0.1) is 0 Å². The van der Waals surface area contributed by atoms with Crippen molar-refractivity contribution >= 4 is 30.7 Å². The van der Waals surface area contributed by atoms with E-state index in [1.54, 1.807) is 0 Å². The molecule has 0 saturated carbocycles. The highest BCUT2D eigenvalue weighted by Gasteiger charge is 1.66. The molecule has 0 atom stereocenters. The maximum absolute atomic E-state index is 7.90. The van der Waals surface area contributed by atoms with Gasteiger partial charge in [-0.05, 0) is 22.4 Å². The molecular formula is CH4O2S3. The highest BCUT2D eigenvalue weighted by atomic mass is 33.1. The maximum Gasteiger partial charge on any atom is 0.157 e. The summed E-state index contributed by atoms with van der Waals surface area (Å²) in [5.41, 5.74) is 0. The third kappa shape index (κ3) is 4.71. The number of aliphatic hydroxyl groups is 1. The van der Waals surface area contributed by atoms with E-state index in [1.165, 1.54) is 0 Å². The molecule has 5 heteroatoms. The van der Waals surface area contributed by atoms with Crippen molar-refractivity contribution in [3.63, 3.8) is 0 Å². The molecule has 2 nitrogen and oxygen atoms in total. The van der Waals surface area contributed by atoms with Crippen molar-refractivity contribution in [1.29, 1.82) is 0 Å². The van der Waals surface area contributed by atoms with Gasteiger partial charge in [0.1, 0.15) is 0 Å². The number of aliphatic hydroxyl groups excluding tert-OH is 1. The first-order valence-electron chi connectivity index (χ1n) is 1.15. The second-order valence-corrected chi connectivity index (χ2v) is 3.87. The maximum atomic E-state index is 7.90. The molecule has 0 saturated heterocycles. The average Bonchev–Trinajstić information content (AvgIpc) is 1.35. The van der Waals surface area contributed by atoms with Crippen molar-refractivity contribution in [2.24, 2.45) is 0 Å². The minimum atomic E-state index is -1.18. The zero-order valence-corrected chi connectivity index (χ0v) is 5.35. The molecule has 6 heavy (non-hydrogen) atoms. The van der Waals surface area contributed by atoms with Crippen LogP contribution >= 0.6 is 0 Å². The smallest absolute Gasteiger partial charge is 0.157 e. The number of rotatable bonds is 2. The van der Waals surface area contributed by atoms with E-state index in [1.807, 2.05) is 0 Å². The Hall–Kier alpha value is 0.710. The lowest BCUT2D eigenvalue weighted by atomic mass is 11.6. The molecule has 0 rings (SSSR count). The van der Waals surface area contributed by atoms with E-state index in [-0.39, 0.29) is 6.79 Å². The van der Waals surface area contributed by atoms with Crippen LogP contribution in [-0.4, -0.2) is 11.9 Å². The van der Waals surface area contributed by atoms with Crippen LogP contribution in [0.1, 0.15) is 0 Å². The number of hydrogen-bond donors (Lipinski definition) is 2. The molecule has 0 aromatic carbocycles. The van der Waals surface area contributed by atoms with E-state index in [0.29, 0.717) is 0 Å². The van der Waals surface area contributed by atoms with Crippen LogP contribution in [0.15, 0.2) is 0 Å². The van der Waals surface area contributed by atoms with Crippen molar-refractivity contribution in [3.8, 4) is 0 Å². The van der Waals surface area contributed by atoms with Crippen molar-refractivity contribution in [1.82, 2.24) is 0 Å². The first-order valence-corrected chi connectivity index (χ1v) is 4.44. The van der Waals surface area contributed by atoms with Gasteiger partial charge in [-0.3, -0.25) is 4.18 Å². The normalized spacial score (nSPS) is 9.67. The summed E-state index contributed by atoms with van der Waals surface area (Å²) < 4.78 is 4.29. The summed E-state index contributed by atoms with van der Waals surface area (Å²) in [7, 11) is -1.18. The van der Waals surface area contributed by atoms with E-state index in [0.717, 1.165) is 0 Å². The quantitative estimate of drug-likeness (QED) is 0.390. The van der Waals surface area contributed by atoms with Gasteiger partial charge in [0.15, 0.2) is 6.79 Å². The molecule has 0 heterocycles. The molecular weight excluding hydrogens is 140 g/mol. The summed E-state index contributed by atoms with van der Waals surface area (Å²) >= 11 is 8.75. The Morgan fingerprint density at radius 2 is 2.17 bits per heavy atom. The third-order valence-electron chi connectivity index (χ3n) is 0.163. The summed E-state index contributed by atoms with van der Waals surface area (Å²) in [6.07, 6.45) is 0. The van der Waals surface area contributed by atoms with Crippen LogP contribution in [-0.2, 0) is 34.9 Å². The molecule has 0 aliphatic carbocycles. The minimum Gasteiger partial charge on any atom is -0.370 e. The van der Waals surface area contributed by atoms with Gasteiger partial charge in [0.25, 0.3) is 0 Å². The fourth-order valence-corrected chi connectivity index (χ4v) is 0.424. The van der Waals surface area contributed by atoms with Gasteiger partial charge >= 0.3 is 0 Å².